The van der Waals surface area contributed by atoms with Gasteiger partial charge in [0.15, 0.2) is 0 Å². The van der Waals surface area contributed by atoms with Crippen LogP contribution in [0.3, 0.4) is 0 Å². The van der Waals surface area contributed by atoms with Crippen molar-refractivity contribution >= 4 is 32.3 Å². The van der Waals surface area contributed by atoms with Crippen molar-refractivity contribution < 1.29 is 0 Å². The van der Waals surface area contributed by atoms with Crippen LogP contribution < -0.4 is 0 Å². The molecule has 0 unspecified atom stereocenters. The van der Waals surface area contributed by atoms with Gasteiger partial charge in [-0.05, 0) is 105 Å². The van der Waals surface area contributed by atoms with Crippen LogP contribution in [-0.2, 0) is 10.8 Å². The van der Waals surface area contributed by atoms with Crippen LogP contribution in [0.4, 0.5) is 0 Å². The number of benzene rings is 8. The van der Waals surface area contributed by atoms with E-state index in [4.69, 9.17) is 0 Å². The van der Waals surface area contributed by atoms with Gasteiger partial charge in [-0.1, -0.05) is 141 Å². The first-order chi connectivity index (χ1) is 21.6. The molecule has 0 saturated heterocycles. The van der Waals surface area contributed by atoms with E-state index in [0.29, 0.717) is 0 Å². The standard InChI is InChI=1S/C44H28/c1-43(2)34-18-7-6-16-29(34)40-30-17-11-12-25-22-23-31-39(38(25)30)33(42(40)43)24-32-28-15-5-10-21-37(28)44(41(31)32)35-19-8-3-13-26(35)27-14-4-9-20-36(27)44/h3-24H,1-2H3. The van der Waals surface area contributed by atoms with Gasteiger partial charge in [0.05, 0.1) is 5.41 Å². The maximum atomic E-state index is 2.59. The number of rotatable bonds is 0. The van der Waals surface area contributed by atoms with E-state index in [2.05, 4.69) is 147 Å². The highest BCUT2D eigenvalue weighted by molar-refractivity contribution is 6.30. The smallest absolute Gasteiger partial charge is 0.0619 e. The minimum Gasteiger partial charge on any atom is -0.0619 e. The molecule has 3 aliphatic carbocycles. The highest BCUT2D eigenvalue weighted by atomic mass is 14.5. The normalized spacial score (nSPS) is 15.9. The van der Waals surface area contributed by atoms with Gasteiger partial charge in [-0.15, -0.1) is 0 Å². The molecule has 0 heteroatoms. The second-order valence-corrected chi connectivity index (χ2v) is 13.5. The molecule has 0 atom stereocenters. The van der Waals surface area contributed by atoms with Crippen LogP contribution in [0, 0.1) is 0 Å². The summed E-state index contributed by atoms with van der Waals surface area (Å²) in [6.07, 6.45) is 0. The SMILES string of the molecule is CC1(C)c2ccccc2-c2c1c1cc3c(c4ccc5cccc2c5c14)C1(c2ccccc2-c2ccccc21)c1ccccc1-3. The van der Waals surface area contributed by atoms with E-state index in [1.807, 2.05) is 0 Å². The molecule has 0 N–H and O–H groups in total. The second-order valence-electron chi connectivity index (χ2n) is 13.5. The van der Waals surface area contributed by atoms with Crippen molar-refractivity contribution in [1.82, 2.24) is 0 Å². The summed E-state index contributed by atoms with van der Waals surface area (Å²) < 4.78 is 0. The van der Waals surface area contributed by atoms with Crippen LogP contribution in [-0.4, -0.2) is 0 Å². The Bertz CT molecular complexity index is 2530. The number of fused-ring (bicyclic) bond motifs is 16. The van der Waals surface area contributed by atoms with Crippen LogP contribution >= 0.6 is 0 Å². The molecule has 8 aromatic carbocycles. The molecule has 0 nitrogen and oxygen atoms in total. The Balaban J connectivity index is 1.42. The van der Waals surface area contributed by atoms with Gasteiger partial charge in [-0.3, -0.25) is 0 Å². The van der Waals surface area contributed by atoms with Crippen LogP contribution in [0.15, 0.2) is 133 Å². The van der Waals surface area contributed by atoms with Crippen molar-refractivity contribution in [2.24, 2.45) is 0 Å². The molecule has 0 aromatic heterocycles. The molecule has 0 fully saturated rings. The van der Waals surface area contributed by atoms with E-state index < -0.39 is 0 Å². The summed E-state index contributed by atoms with van der Waals surface area (Å²) in [5.74, 6) is 0. The Morgan fingerprint density at radius 2 is 0.955 bits per heavy atom. The van der Waals surface area contributed by atoms with Crippen molar-refractivity contribution in [3.63, 3.8) is 0 Å². The maximum absolute atomic E-state index is 2.59. The molecule has 8 aromatic rings. The Hall–Kier alpha value is -5.20. The van der Waals surface area contributed by atoms with Crippen molar-refractivity contribution in [3.05, 3.63) is 167 Å². The lowest BCUT2D eigenvalue weighted by atomic mass is 9.68. The van der Waals surface area contributed by atoms with Gasteiger partial charge >= 0.3 is 0 Å². The van der Waals surface area contributed by atoms with Crippen LogP contribution in [0.1, 0.15) is 47.2 Å². The fourth-order valence-electron chi connectivity index (χ4n) is 9.88. The molecular formula is C44H28. The first-order valence-electron chi connectivity index (χ1n) is 15.8. The molecule has 0 amide bonds. The summed E-state index contributed by atoms with van der Waals surface area (Å²) in [6, 6.07) is 51.0. The third-order valence-corrected chi connectivity index (χ3v) is 11.4. The van der Waals surface area contributed by atoms with Crippen LogP contribution in [0.2, 0.25) is 0 Å². The molecule has 0 radical (unpaired) electrons. The molecule has 0 saturated carbocycles. The Morgan fingerprint density at radius 1 is 0.386 bits per heavy atom. The van der Waals surface area contributed by atoms with E-state index in [9.17, 15) is 0 Å². The lowest BCUT2D eigenvalue weighted by Gasteiger charge is -2.32. The number of hydrogen-bond donors (Lipinski definition) is 0. The zero-order valence-corrected chi connectivity index (χ0v) is 24.7. The van der Waals surface area contributed by atoms with Gasteiger partial charge in [0, 0.05) is 5.41 Å². The largest absolute Gasteiger partial charge is 0.0731 e. The molecule has 3 aliphatic rings. The molecule has 44 heavy (non-hydrogen) atoms. The van der Waals surface area contributed by atoms with E-state index in [-0.39, 0.29) is 10.8 Å². The van der Waals surface area contributed by atoms with Gasteiger partial charge in [0.1, 0.15) is 0 Å². The topological polar surface area (TPSA) is 0 Å². The molecular weight excluding hydrogens is 528 g/mol. The summed E-state index contributed by atoms with van der Waals surface area (Å²) in [6.45, 7) is 4.86. The predicted octanol–water partition coefficient (Wildman–Crippen LogP) is 11.2. The predicted molar refractivity (Wildman–Crippen MR) is 184 cm³/mol. The molecule has 11 rings (SSSR count). The Labute approximate surface area is 256 Å². The van der Waals surface area contributed by atoms with Crippen molar-refractivity contribution in [1.29, 1.82) is 0 Å². The van der Waals surface area contributed by atoms with Gasteiger partial charge in [0.2, 0.25) is 0 Å². The zero-order chi connectivity index (χ0) is 28.9. The average Bonchev–Trinajstić information content (AvgIpc) is 3.63. The monoisotopic (exact) mass is 556 g/mol. The highest BCUT2D eigenvalue weighted by Crippen LogP contribution is 2.66. The molecule has 0 bridgehead atoms. The van der Waals surface area contributed by atoms with Gasteiger partial charge in [-0.25, -0.2) is 0 Å². The maximum Gasteiger partial charge on any atom is 0.0731 e. The zero-order valence-electron chi connectivity index (χ0n) is 24.7. The summed E-state index contributed by atoms with van der Waals surface area (Å²) in [7, 11) is 0. The van der Waals surface area contributed by atoms with E-state index in [0.717, 1.165) is 0 Å². The summed E-state index contributed by atoms with van der Waals surface area (Å²) in [5.41, 5.74) is 16.4. The molecule has 204 valence electrons. The average molecular weight is 557 g/mol. The fraction of sp³-hybridized carbons (Fsp3) is 0.0909. The molecule has 1 spiro atoms. The van der Waals surface area contributed by atoms with Gasteiger partial charge in [0.25, 0.3) is 0 Å². The number of hydrogen-bond acceptors (Lipinski definition) is 0. The van der Waals surface area contributed by atoms with Crippen LogP contribution in [0.5, 0.6) is 0 Å². The fourth-order valence-corrected chi connectivity index (χ4v) is 9.88. The summed E-state index contributed by atoms with van der Waals surface area (Å²) >= 11 is 0. The second kappa shape index (κ2) is 7.47. The lowest BCUT2D eigenvalue weighted by molar-refractivity contribution is 0.666. The molecule has 0 heterocycles. The van der Waals surface area contributed by atoms with E-state index >= 15 is 0 Å². The first kappa shape index (κ1) is 23.3. The summed E-state index contributed by atoms with van der Waals surface area (Å²) in [4.78, 5) is 0. The molecule has 0 aliphatic heterocycles. The third-order valence-electron chi connectivity index (χ3n) is 11.4. The van der Waals surface area contributed by atoms with Gasteiger partial charge in [-0.2, -0.15) is 0 Å². The quantitative estimate of drug-likeness (QED) is 0.163. The third kappa shape index (κ3) is 2.35. The lowest BCUT2D eigenvalue weighted by Crippen LogP contribution is -2.26. The minimum absolute atomic E-state index is 0.106. The first-order valence-corrected chi connectivity index (χ1v) is 15.8. The Morgan fingerprint density at radius 3 is 1.61 bits per heavy atom. The van der Waals surface area contributed by atoms with Crippen LogP contribution in [0.25, 0.3) is 65.7 Å². The van der Waals surface area contributed by atoms with Crippen molar-refractivity contribution in [3.8, 4) is 33.4 Å². The Kier molecular flexibility index (Phi) is 3.95. The van der Waals surface area contributed by atoms with Crippen molar-refractivity contribution in [2.75, 3.05) is 0 Å². The van der Waals surface area contributed by atoms with E-state index in [1.54, 1.807) is 0 Å². The minimum atomic E-state index is -0.358. The highest BCUT2D eigenvalue weighted by Gasteiger charge is 2.53. The summed E-state index contributed by atoms with van der Waals surface area (Å²) in [5, 5.41) is 8.32. The van der Waals surface area contributed by atoms with Gasteiger partial charge < -0.3 is 0 Å². The van der Waals surface area contributed by atoms with E-state index in [1.165, 1.54) is 99.1 Å². The van der Waals surface area contributed by atoms with Crippen molar-refractivity contribution in [2.45, 2.75) is 24.7 Å².